The van der Waals surface area contributed by atoms with Crippen LogP contribution >= 0.6 is 0 Å². The van der Waals surface area contributed by atoms with Gasteiger partial charge < -0.3 is 20.8 Å². The van der Waals surface area contributed by atoms with E-state index >= 15 is 0 Å². The smallest absolute Gasteiger partial charge is 0.242 e. The molecule has 1 fully saturated rings. The van der Waals surface area contributed by atoms with Crippen LogP contribution in [0.5, 0.6) is 0 Å². The van der Waals surface area contributed by atoms with E-state index in [0.29, 0.717) is 38.3 Å². The molecule has 0 saturated carbocycles. The summed E-state index contributed by atoms with van der Waals surface area (Å²) in [6, 6.07) is 2.62. The quantitative estimate of drug-likeness (QED) is 0.171. The van der Waals surface area contributed by atoms with Gasteiger partial charge in [0.25, 0.3) is 0 Å². The van der Waals surface area contributed by atoms with Crippen LogP contribution in [0.4, 0.5) is 5.69 Å². The number of aromatic nitrogens is 4. The van der Waals surface area contributed by atoms with E-state index in [2.05, 4.69) is 30.2 Å². The van der Waals surface area contributed by atoms with Crippen molar-refractivity contribution in [3.63, 3.8) is 0 Å². The molecule has 2 heterocycles. The van der Waals surface area contributed by atoms with Crippen LogP contribution in [0.25, 0.3) is 11.4 Å². The van der Waals surface area contributed by atoms with Crippen molar-refractivity contribution in [2.75, 3.05) is 57.3 Å². The Hall–Kier alpha value is -2.25. The molecule has 0 spiro atoms. The van der Waals surface area contributed by atoms with E-state index in [4.69, 9.17) is 16.0 Å². The third kappa shape index (κ3) is 6.05. The van der Waals surface area contributed by atoms with Gasteiger partial charge in [-0.15, -0.1) is 10.2 Å². The van der Waals surface area contributed by atoms with Crippen molar-refractivity contribution in [2.24, 2.45) is 10.9 Å². The standard InChI is InChI=1S/C17H29N9O6S2/c18-10-12(28)11-20-34(31,32)14-3-2-13(26-7-5-25(6-8-26)4-1-9-27)15(16(14)33(19,29)30)17-21-23-24-22-17/h2-3,12,20,27-28H,1,4-11,18H2,(H2,19,29,30)(H,21,22,23,24). The molecule has 1 unspecified atom stereocenters. The molecule has 0 amide bonds. The molecule has 190 valence electrons. The Morgan fingerprint density at radius 3 is 2.44 bits per heavy atom. The largest absolute Gasteiger partial charge is 0.396 e. The average molecular weight is 520 g/mol. The molecule has 1 aromatic heterocycles. The summed E-state index contributed by atoms with van der Waals surface area (Å²) in [5, 5.41) is 37.7. The first-order valence-electron chi connectivity index (χ1n) is 10.5. The highest BCUT2D eigenvalue weighted by Crippen LogP contribution is 2.38. The molecule has 1 aliphatic heterocycles. The number of aliphatic hydroxyl groups is 2. The van der Waals surface area contributed by atoms with Crippen LogP contribution in [-0.4, -0.2) is 111 Å². The molecule has 1 saturated heterocycles. The number of hydrogen-bond acceptors (Lipinski definition) is 12. The fourth-order valence-electron chi connectivity index (χ4n) is 3.67. The lowest BCUT2D eigenvalue weighted by Gasteiger charge is -2.37. The van der Waals surface area contributed by atoms with Crippen molar-refractivity contribution >= 4 is 25.7 Å². The van der Waals surface area contributed by atoms with Crippen molar-refractivity contribution in [3.8, 4) is 11.4 Å². The van der Waals surface area contributed by atoms with Gasteiger partial charge in [-0.05, 0) is 23.8 Å². The third-order valence-corrected chi connectivity index (χ3v) is 7.96. The monoisotopic (exact) mass is 519 g/mol. The molecule has 34 heavy (non-hydrogen) atoms. The maximum absolute atomic E-state index is 13.0. The maximum atomic E-state index is 13.0. The van der Waals surface area contributed by atoms with Gasteiger partial charge in [0.15, 0.2) is 0 Å². The number of nitrogens with zero attached hydrogens (tertiary/aromatic N) is 5. The molecular weight excluding hydrogens is 490 g/mol. The normalized spacial score (nSPS) is 16.6. The van der Waals surface area contributed by atoms with Crippen molar-refractivity contribution in [1.29, 1.82) is 0 Å². The van der Waals surface area contributed by atoms with Crippen LogP contribution in [0.1, 0.15) is 6.42 Å². The molecule has 0 bridgehead atoms. The molecule has 1 atom stereocenters. The van der Waals surface area contributed by atoms with Gasteiger partial charge in [0.05, 0.1) is 11.7 Å². The second-order valence-electron chi connectivity index (χ2n) is 7.71. The van der Waals surface area contributed by atoms with Gasteiger partial charge >= 0.3 is 0 Å². The van der Waals surface area contributed by atoms with E-state index in [1.807, 2.05) is 4.90 Å². The lowest BCUT2D eigenvalue weighted by atomic mass is 10.1. The zero-order chi connectivity index (χ0) is 24.9. The lowest BCUT2D eigenvalue weighted by molar-refractivity contribution is 0.186. The molecule has 0 radical (unpaired) electrons. The molecule has 0 aliphatic carbocycles. The predicted octanol–water partition coefficient (Wildman–Crippen LogP) is -3.38. The number of nitrogens with two attached hydrogens (primary N) is 2. The predicted molar refractivity (Wildman–Crippen MR) is 122 cm³/mol. The number of rotatable bonds is 11. The van der Waals surface area contributed by atoms with Crippen molar-refractivity contribution in [1.82, 2.24) is 30.2 Å². The summed E-state index contributed by atoms with van der Waals surface area (Å²) in [6.07, 6.45) is -0.520. The molecular formula is C17H29N9O6S2. The summed E-state index contributed by atoms with van der Waals surface area (Å²) in [5.41, 5.74) is 5.61. The average Bonchev–Trinajstić information content (AvgIpc) is 3.34. The Morgan fingerprint density at radius 2 is 1.88 bits per heavy atom. The van der Waals surface area contributed by atoms with Gasteiger partial charge in [-0.1, -0.05) is 0 Å². The Morgan fingerprint density at radius 1 is 1.18 bits per heavy atom. The zero-order valence-corrected chi connectivity index (χ0v) is 20.0. The summed E-state index contributed by atoms with van der Waals surface area (Å²) < 4.78 is 53.5. The highest BCUT2D eigenvalue weighted by Gasteiger charge is 2.33. The molecule has 1 aromatic carbocycles. The summed E-state index contributed by atoms with van der Waals surface area (Å²) in [7, 11) is -9.01. The molecule has 2 aromatic rings. The van der Waals surface area contributed by atoms with Gasteiger partial charge in [0, 0.05) is 58.1 Å². The Kier molecular flexibility index (Phi) is 8.52. The topological polar surface area (TPSA) is 234 Å². The number of hydrogen-bond donors (Lipinski definition) is 6. The number of aliphatic hydroxyl groups excluding tert-OH is 2. The molecule has 8 N–H and O–H groups in total. The number of primary sulfonamides is 1. The van der Waals surface area contributed by atoms with Crippen molar-refractivity contribution in [3.05, 3.63) is 12.1 Å². The van der Waals surface area contributed by atoms with Gasteiger partial charge in [-0.3, -0.25) is 4.90 Å². The highest BCUT2D eigenvalue weighted by atomic mass is 32.2. The number of piperazine rings is 1. The number of tetrazole rings is 1. The Labute approximate surface area is 197 Å². The van der Waals surface area contributed by atoms with E-state index < -0.39 is 42.5 Å². The van der Waals surface area contributed by atoms with Crippen LogP contribution in [-0.2, 0) is 20.0 Å². The lowest BCUT2D eigenvalue weighted by Crippen LogP contribution is -2.47. The fourth-order valence-corrected chi connectivity index (χ4v) is 6.34. The summed E-state index contributed by atoms with van der Waals surface area (Å²) in [4.78, 5) is 2.76. The summed E-state index contributed by atoms with van der Waals surface area (Å²) in [5.74, 6) is -0.138. The third-order valence-electron chi connectivity index (χ3n) is 5.37. The molecule has 3 rings (SSSR count). The number of aromatic amines is 1. The molecule has 1 aliphatic rings. The minimum absolute atomic E-state index is 0.0895. The number of nitrogens with one attached hydrogen (secondary N) is 2. The number of benzene rings is 1. The van der Waals surface area contributed by atoms with Crippen LogP contribution in [0.3, 0.4) is 0 Å². The second-order valence-corrected chi connectivity index (χ2v) is 10.9. The number of sulfonamides is 2. The Balaban J connectivity index is 2.09. The van der Waals surface area contributed by atoms with E-state index in [1.54, 1.807) is 0 Å². The summed E-state index contributed by atoms with van der Waals surface area (Å²) >= 11 is 0. The first kappa shape index (κ1) is 26.4. The van der Waals surface area contributed by atoms with E-state index in [9.17, 15) is 21.9 Å². The van der Waals surface area contributed by atoms with Crippen molar-refractivity contribution in [2.45, 2.75) is 22.3 Å². The Bertz CT molecular complexity index is 1170. The van der Waals surface area contributed by atoms with Gasteiger partial charge in [0.1, 0.15) is 9.79 Å². The first-order chi connectivity index (χ1) is 16.1. The summed E-state index contributed by atoms with van der Waals surface area (Å²) in [6.45, 7) is 2.51. The van der Waals surface area contributed by atoms with Crippen LogP contribution in [0, 0.1) is 0 Å². The van der Waals surface area contributed by atoms with E-state index in [0.717, 1.165) is 12.6 Å². The van der Waals surface area contributed by atoms with Gasteiger partial charge in [-0.2, -0.15) is 5.21 Å². The second kappa shape index (κ2) is 11.0. The van der Waals surface area contributed by atoms with Gasteiger partial charge in [-0.25, -0.2) is 26.7 Å². The molecule has 17 heteroatoms. The van der Waals surface area contributed by atoms with Gasteiger partial charge in [0.2, 0.25) is 25.9 Å². The van der Waals surface area contributed by atoms with Crippen LogP contribution in [0.2, 0.25) is 0 Å². The number of H-pyrrole nitrogens is 1. The molecule has 15 nitrogen and oxygen atoms in total. The minimum atomic E-state index is -4.59. The minimum Gasteiger partial charge on any atom is -0.396 e. The number of anilines is 1. The first-order valence-corrected chi connectivity index (χ1v) is 13.5. The van der Waals surface area contributed by atoms with E-state index in [1.165, 1.54) is 6.07 Å². The van der Waals surface area contributed by atoms with Crippen molar-refractivity contribution < 1.29 is 27.0 Å². The van der Waals surface area contributed by atoms with Crippen LogP contribution < -0.4 is 20.5 Å². The maximum Gasteiger partial charge on any atom is 0.242 e. The van der Waals surface area contributed by atoms with Crippen LogP contribution in [0.15, 0.2) is 21.9 Å². The SMILES string of the molecule is NCC(O)CNS(=O)(=O)c1ccc(N2CCN(CCCO)CC2)c(-c2nn[nH]n2)c1S(N)(=O)=O. The van der Waals surface area contributed by atoms with E-state index in [-0.39, 0.29) is 24.5 Å². The fraction of sp³-hybridized carbons (Fsp3) is 0.588. The highest BCUT2D eigenvalue weighted by molar-refractivity contribution is 7.92. The zero-order valence-electron chi connectivity index (χ0n) is 18.3.